The molecule has 1 aromatic rings. The molecule has 1 aliphatic rings. The van der Waals surface area contributed by atoms with Crippen LogP contribution in [0.5, 0.6) is 0 Å². The Morgan fingerprint density at radius 2 is 2.18 bits per heavy atom. The molecule has 96 valence electrons. The Morgan fingerprint density at radius 1 is 1.41 bits per heavy atom. The first-order chi connectivity index (χ1) is 8.29. The van der Waals surface area contributed by atoms with Crippen LogP contribution < -0.4 is 0 Å². The highest BCUT2D eigenvalue weighted by Crippen LogP contribution is 2.26. The summed E-state index contributed by atoms with van der Waals surface area (Å²) >= 11 is 7.38. The van der Waals surface area contributed by atoms with Crippen molar-refractivity contribution < 1.29 is 5.11 Å². The Kier molecular flexibility index (Phi) is 5.22. The average molecular weight is 275 g/mol. The van der Waals surface area contributed by atoms with Gasteiger partial charge >= 0.3 is 0 Å². The fraction of sp³-hybridized carbons (Fsp3) is 0.750. The summed E-state index contributed by atoms with van der Waals surface area (Å²) in [5, 5.41) is 9.17. The quantitative estimate of drug-likeness (QED) is 0.897. The van der Waals surface area contributed by atoms with E-state index in [1.165, 1.54) is 48.3 Å². The summed E-state index contributed by atoms with van der Waals surface area (Å²) < 4.78 is 0.604. The number of rotatable bonds is 5. The summed E-state index contributed by atoms with van der Waals surface area (Å²) in [7, 11) is 0. The van der Waals surface area contributed by atoms with Gasteiger partial charge in [-0.2, -0.15) is 0 Å². The van der Waals surface area contributed by atoms with Gasteiger partial charge in [0.15, 0.2) is 4.47 Å². The standard InChI is InChI=1S/C12H19ClN2OS/c13-12-14-8-11(17-12)9-15(6-7-16)10-4-2-1-3-5-10/h8,10,16H,1-7,9H2. The number of aliphatic hydroxyl groups excluding tert-OH is 1. The van der Waals surface area contributed by atoms with Crippen LogP contribution in [-0.2, 0) is 6.54 Å². The molecule has 5 heteroatoms. The monoisotopic (exact) mass is 274 g/mol. The smallest absolute Gasteiger partial charge is 0.183 e. The van der Waals surface area contributed by atoms with Crippen LogP contribution in [0.4, 0.5) is 0 Å². The molecular weight excluding hydrogens is 256 g/mol. The van der Waals surface area contributed by atoms with Crippen molar-refractivity contribution in [3.05, 3.63) is 15.5 Å². The lowest BCUT2D eigenvalue weighted by Crippen LogP contribution is -2.38. The first-order valence-electron chi connectivity index (χ1n) is 6.24. The van der Waals surface area contributed by atoms with Crippen LogP contribution in [0, 0.1) is 0 Å². The van der Waals surface area contributed by atoms with E-state index in [1.807, 2.05) is 6.20 Å². The van der Waals surface area contributed by atoms with Gasteiger partial charge in [0, 0.05) is 30.2 Å². The molecule has 2 rings (SSSR count). The molecule has 1 heterocycles. The minimum absolute atomic E-state index is 0.225. The van der Waals surface area contributed by atoms with Crippen molar-refractivity contribution in [3.8, 4) is 0 Å². The molecule has 17 heavy (non-hydrogen) atoms. The Bertz CT molecular complexity index is 339. The predicted octanol–water partition coefficient (Wildman–Crippen LogP) is 2.92. The molecule has 0 aromatic carbocycles. The van der Waals surface area contributed by atoms with Crippen LogP contribution in [0.1, 0.15) is 37.0 Å². The second-order valence-electron chi connectivity index (χ2n) is 4.57. The second-order valence-corrected chi connectivity index (χ2v) is 6.26. The largest absolute Gasteiger partial charge is 0.395 e. The molecule has 0 aliphatic heterocycles. The number of nitrogens with zero attached hydrogens (tertiary/aromatic N) is 2. The van der Waals surface area contributed by atoms with Crippen molar-refractivity contribution in [2.75, 3.05) is 13.2 Å². The molecule has 0 radical (unpaired) electrons. The molecule has 0 spiro atoms. The molecule has 0 bridgehead atoms. The van der Waals surface area contributed by atoms with Crippen molar-refractivity contribution in [2.45, 2.75) is 44.7 Å². The molecular formula is C12H19ClN2OS. The van der Waals surface area contributed by atoms with Gasteiger partial charge in [-0.1, -0.05) is 30.9 Å². The van der Waals surface area contributed by atoms with Gasteiger partial charge < -0.3 is 5.11 Å². The van der Waals surface area contributed by atoms with Gasteiger partial charge in [-0.15, -0.1) is 11.3 Å². The second kappa shape index (κ2) is 6.69. The van der Waals surface area contributed by atoms with Crippen molar-refractivity contribution in [1.82, 2.24) is 9.88 Å². The first kappa shape index (κ1) is 13.3. The highest BCUT2D eigenvalue weighted by molar-refractivity contribution is 7.15. The molecule has 1 aromatic heterocycles. The number of aliphatic hydroxyl groups is 1. The van der Waals surface area contributed by atoms with Crippen molar-refractivity contribution in [2.24, 2.45) is 0 Å². The number of thiazole rings is 1. The van der Waals surface area contributed by atoms with E-state index in [1.54, 1.807) is 0 Å². The van der Waals surface area contributed by atoms with Crippen LogP contribution in [0.2, 0.25) is 4.47 Å². The summed E-state index contributed by atoms with van der Waals surface area (Å²) in [6.07, 6.45) is 8.35. The van der Waals surface area contributed by atoms with E-state index < -0.39 is 0 Å². The summed E-state index contributed by atoms with van der Waals surface area (Å²) in [6, 6.07) is 0.622. The van der Waals surface area contributed by atoms with Gasteiger partial charge in [-0.25, -0.2) is 4.98 Å². The van der Waals surface area contributed by atoms with E-state index in [9.17, 15) is 5.11 Å². The third-order valence-electron chi connectivity index (χ3n) is 3.36. The maximum absolute atomic E-state index is 9.17. The SMILES string of the molecule is OCCN(Cc1cnc(Cl)s1)C1CCCCC1. The number of halogens is 1. The Balaban J connectivity index is 1.95. The third-order valence-corrected chi connectivity index (χ3v) is 4.46. The molecule has 1 N–H and O–H groups in total. The topological polar surface area (TPSA) is 36.4 Å². The maximum Gasteiger partial charge on any atom is 0.183 e. The first-order valence-corrected chi connectivity index (χ1v) is 7.44. The fourth-order valence-electron chi connectivity index (χ4n) is 2.52. The van der Waals surface area contributed by atoms with E-state index in [0.717, 1.165) is 13.1 Å². The Morgan fingerprint density at radius 3 is 2.76 bits per heavy atom. The fourth-order valence-corrected chi connectivity index (χ4v) is 3.53. The zero-order valence-corrected chi connectivity index (χ0v) is 11.5. The molecule has 1 fully saturated rings. The summed E-state index contributed by atoms with van der Waals surface area (Å²) in [5.74, 6) is 0. The molecule has 0 unspecified atom stereocenters. The summed E-state index contributed by atoms with van der Waals surface area (Å²) in [6.45, 7) is 1.85. The highest BCUT2D eigenvalue weighted by Gasteiger charge is 2.21. The minimum Gasteiger partial charge on any atom is -0.395 e. The molecule has 3 nitrogen and oxygen atoms in total. The van der Waals surface area contributed by atoms with Crippen LogP contribution in [-0.4, -0.2) is 34.2 Å². The van der Waals surface area contributed by atoms with E-state index in [-0.39, 0.29) is 6.61 Å². The molecule has 0 atom stereocenters. The van der Waals surface area contributed by atoms with Gasteiger partial charge in [-0.05, 0) is 12.8 Å². The molecule has 1 aliphatic carbocycles. The highest BCUT2D eigenvalue weighted by atomic mass is 35.5. The van der Waals surface area contributed by atoms with E-state index >= 15 is 0 Å². The van der Waals surface area contributed by atoms with Gasteiger partial charge in [0.1, 0.15) is 0 Å². The maximum atomic E-state index is 9.17. The zero-order valence-electron chi connectivity index (χ0n) is 9.94. The van der Waals surface area contributed by atoms with Gasteiger partial charge in [-0.3, -0.25) is 4.90 Å². The predicted molar refractivity (Wildman–Crippen MR) is 71.5 cm³/mol. The normalized spacial score (nSPS) is 17.8. The number of hydrogen-bond acceptors (Lipinski definition) is 4. The van der Waals surface area contributed by atoms with Crippen LogP contribution in [0.3, 0.4) is 0 Å². The van der Waals surface area contributed by atoms with Crippen molar-refractivity contribution in [3.63, 3.8) is 0 Å². The molecule has 1 saturated carbocycles. The summed E-state index contributed by atoms with van der Waals surface area (Å²) in [4.78, 5) is 7.64. The van der Waals surface area contributed by atoms with Gasteiger partial charge in [0.2, 0.25) is 0 Å². The number of aromatic nitrogens is 1. The number of hydrogen-bond donors (Lipinski definition) is 1. The van der Waals surface area contributed by atoms with Crippen molar-refractivity contribution in [1.29, 1.82) is 0 Å². The van der Waals surface area contributed by atoms with Gasteiger partial charge in [0.05, 0.1) is 6.61 Å². The van der Waals surface area contributed by atoms with Crippen LogP contribution in [0.25, 0.3) is 0 Å². The summed E-state index contributed by atoms with van der Waals surface area (Å²) in [5.41, 5.74) is 0. The van der Waals surface area contributed by atoms with E-state index in [0.29, 0.717) is 10.5 Å². The van der Waals surface area contributed by atoms with E-state index in [2.05, 4.69) is 9.88 Å². The molecule has 0 amide bonds. The molecule has 0 saturated heterocycles. The van der Waals surface area contributed by atoms with Crippen molar-refractivity contribution >= 4 is 22.9 Å². The minimum atomic E-state index is 0.225. The van der Waals surface area contributed by atoms with Crippen LogP contribution >= 0.6 is 22.9 Å². The van der Waals surface area contributed by atoms with Crippen LogP contribution in [0.15, 0.2) is 6.20 Å². The third kappa shape index (κ3) is 3.91. The lowest BCUT2D eigenvalue weighted by molar-refractivity contribution is 0.118. The Labute approximate surface area is 111 Å². The average Bonchev–Trinajstić information content (AvgIpc) is 2.75. The Hall–Kier alpha value is -0.160. The van der Waals surface area contributed by atoms with E-state index in [4.69, 9.17) is 11.6 Å². The van der Waals surface area contributed by atoms with Gasteiger partial charge in [0.25, 0.3) is 0 Å². The lowest BCUT2D eigenvalue weighted by Gasteiger charge is -2.33. The lowest BCUT2D eigenvalue weighted by atomic mass is 9.94. The zero-order chi connectivity index (χ0) is 12.1.